The third-order valence-corrected chi connectivity index (χ3v) is 3.24. The number of aryl methyl sites for hydroxylation is 1. The van der Waals surface area contributed by atoms with E-state index in [4.69, 9.17) is 0 Å². The highest BCUT2D eigenvalue weighted by molar-refractivity contribution is 5.84. The number of nitrogens with zero attached hydrogens (tertiary/aromatic N) is 2. The smallest absolute Gasteiger partial charge is 0.216 e. The van der Waals surface area contributed by atoms with Crippen molar-refractivity contribution in [1.82, 2.24) is 5.32 Å². The maximum Gasteiger partial charge on any atom is 0.216 e. The summed E-state index contributed by atoms with van der Waals surface area (Å²) >= 11 is 0. The molecule has 0 unspecified atom stereocenters. The topological polar surface area (TPSA) is 44.7 Å². The molecule has 23 heavy (non-hydrogen) atoms. The molecule has 0 radical (unpaired) electrons. The van der Waals surface area contributed by atoms with E-state index in [0.717, 1.165) is 22.8 Å². The first-order valence-corrected chi connectivity index (χ1v) is 7.58. The summed E-state index contributed by atoms with van der Waals surface area (Å²) in [6.07, 6.45) is 5.97. The predicted octanol–water partition coefficient (Wildman–Crippen LogP) is 3.96. The summed E-state index contributed by atoms with van der Waals surface area (Å²) in [7, 11) is 0. The summed E-state index contributed by atoms with van der Waals surface area (Å²) in [5, 5.41) is 2.77. The number of para-hydroxylation sites is 1. The zero-order valence-electron chi connectivity index (χ0n) is 14.2. The second kappa shape index (κ2) is 9.41. The number of benzene rings is 1. The number of carbonyl (C=O) groups excluding carboxylic acids is 1. The minimum Gasteiger partial charge on any atom is -0.356 e. The van der Waals surface area contributed by atoms with Gasteiger partial charge in [0.1, 0.15) is 5.82 Å². The van der Waals surface area contributed by atoms with Crippen molar-refractivity contribution in [1.29, 1.82) is 0 Å². The van der Waals surface area contributed by atoms with Gasteiger partial charge in [-0.25, -0.2) is 4.99 Å². The number of carbonyl (C=O) groups is 1. The van der Waals surface area contributed by atoms with Crippen molar-refractivity contribution in [3.05, 3.63) is 67.2 Å². The van der Waals surface area contributed by atoms with Crippen LogP contribution in [0.5, 0.6) is 0 Å². The second-order valence-electron chi connectivity index (χ2n) is 5.18. The molecule has 1 N–H and O–H groups in total. The Kier molecular flexibility index (Phi) is 7.54. The Labute approximate surface area is 138 Å². The predicted molar refractivity (Wildman–Crippen MR) is 98.5 cm³/mol. The molecular weight excluding hydrogens is 286 g/mol. The maximum atomic E-state index is 10.9. The van der Waals surface area contributed by atoms with E-state index in [9.17, 15) is 4.79 Å². The van der Waals surface area contributed by atoms with Gasteiger partial charge in [-0.15, -0.1) is 0 Å². The number of hydrogen-bond acceptors (Lipinski definition) is 3. The van der Waals surface area contributed by atoms with E-state index >= 15 is 0 Å². The Hall–Kier alpha value is -2.62. The number of nitrogens with one attached hydrogen (secondary N) is 1. The molecule has 0 fully saturated rings. The van der Waals surface area contributed by atoms with Crippen LogP contribution in [0.25, 0.3) is 0 Å². The van der Waals surface area contributed by atoms with E-state index in [1.807, 2.05) is 49.1 Å². The molecular formula is C19H25N3O. The second-order valence-corrected chi connectivity index (χ2v) is 5.18. The van der Waals surface area contributed by atoms with Crippen molar-refractivity contribution in [2.24, 2.45) is 4.99 Å². The van der Waals surface area contributed by atoms with Crippen LogP contribution in [0.4, 0.5) is 5.69 Å². The zero-order valence-corrected chi connectivity index (χ0v) is 14.2. The van der Waals surface area contributed by atoms with Crippen molar-refractivity contribution in [3.63, 3.8) is 0 Å². The van der Waals surface area contributed by atoms with Gasteiger partial charge in [0.2, 0.25) is 5.91 Å². The highest BCUT2D eigenvalue weighted by atomic mass is 16.1. The lowest BCUT2D eigenvalue weighted by Crippen LogP contribution is -2.23. The summed E-state index contributed by atoms with van der Waals surface area (Å²) in [6, 6.07) is 8.05. The van der Waals surface area contributed by atoms with Gasteiger partial charge in [-0.1, -0.05) is 37.4 Å². The van der Waals surface area contributed by atoms with Gasteiger partial charge in [0.25, 0.3) is 0 Å². The standard InChI is InChI=1S/C19H25N3O/c1-6-10-19(21-16(4)13-14-20-17(5)23)22(7-2)18-12-9-8-11-15(18)3/h6-12H,1-2,13-14H2,3-5H3,(H,20,23)/b19-10+,21-16+. The van der Waals surface area contributed by atoms with Gasteiger partial charge in [-0.3, -0.25) is 4.79 Å². The number of amides is 1. The molecule has 1 aromatic rings. The van der Waals surface area contributed by atoms with Crippen LogP contribution in [0.1, 0.15) is 25.8 Å². The van der Waals surface area contributed by atoms with Gasteiger partial charge in [0.15, 0.2) is 0 Å². The van der Waals surface area contributed by atoms with Crippen molar-refractivity contribution in [3.8, 4) is 0 Å². The molecule has 4 nitrogen and oxygen atoms in total. The van der Waals surface area contributed by atoms with Crippen LogP contribution in [0, 0.1) is 6.92 Å². The Bertz CT molecular complexity index is 629. The number of hydrogen-bond donors (Lipinski definition) is 1. The third-order valence-electron chi connectivity index (χ3n) is 3.24. The van der Waals surface area contributed by atoms with Crippen LogP contribution in [-0.2, 0) is 4.79 Å². The van der Waals surface area contributed by atoms with Gasteiger partial charge in [-0.05, 0) is 31.6 Å². The zero-order chi connectivity index (χ0) is 17.2. The molecule has 0 aliphatic carbocycles. The van der Waals surface area contributed by atoms with Crippen molar-refractivity contribution >= 4 is 17.3 Å². The van der Waals surface area contributed by atoms with E-state index in [-0.39, 0.29) is 5.91 Å². The van der Waals surface area contributed by atoms with Crippen LogP contribution in [-0.4, -0.2) is 18.2 Å². The number of aliphatic imine (C=N–C) groups is 1. The van der Waals surface area contributed by atoms with Gasteiger partial charge in [0, 0.05) is 37.5 Å². The van der Waals surface area contributed by atoms with E-state index in [1.54, 1.807) is 12.3 Å². The fraction of sp³-hybridized carbons (Fsp3) is 0.263. The van der Waals surface area contributed by atoms with Gasteiger partial charge >= 0.3 is 0 Å². The van der Waals surface area contributed by atoms with Crippen LogP contribution in [0.2, 0.25) is 0 Å². The molecule has 1 amide bonds. The minimum atomic E-state index is -0.0349. The molecule has 0 aliphatic rings. The SMILES string of the molecule is C=C/C=C(\N=C(/C)CCNC(C)=O)N(C=C)c1ccccc1C. The highest BCUT2D eigenvalue weighted by Crippen LogP contribution is 2.24. The fourth-order valence-corrected chi connectivity index (χ4v) is 2.10. The molecule has 0 heterocycles. The molecule has 0 saturated carbocycles. The fourth-order valence-electron chi connectivity index (χ4n) is 2.10. The molecule has 0 atom stereocenters. The molecule has 1 rings (SSSR count). The summed E-state index contributed by atoms with van der Waals surface area (Å²) in [5.41, 5.74) is 3.08. The molecule has 0 saturated heterocycles. The summed E-state index contributed by atoms with van der Waals surface area (Å²) < 4.78 is 0. The molecule has 0 bridgehead atoms. The Morgan fingerprint density at radius 3 is 2.57 bits per heavy atom. The molecule has 0 aliphatic heterocycles. The van der Waals surface area contributed by atoms with E-state index in [0.29, 0.717) is 13.0 Å². The normalized spacial score (nSPS) is 11.8. The lowest BCUT2D eigenvalue weighted by Gasteiger charge is -2.22. The molecule has 0 spiro atoms. The Morgan fingerprint density at radius 2 is 2.00 bits per heavy atom. The van der Waals surface area contributed by atoms with Gasteiger partial charge in [-0.2, -0.15) is 0 Å². The van der Waals surface area contributed by atoms with Gasteiger partial charge in [0.05, 0.1) is 0 Å². The van der Waals surface area contributed by atoms with Crippen LogP contribution in [0.15, 0.2) is 66.6 Å². The summed E-state index contributed by atoms with van der Waals surface area (Å²) in [6.45, 7) is 13.7. The monoisotopic (exact) mass is 311 g/mol. The Balaban J connectivity index is 3.02. The average molecular weight is 311 g/mol. The number of allylic oxidation sites excluding steroid dienone is 2. The largest absolute Gasteiger partial charge is 0.356 e. The van der Waals surface area contributed by atoms with E-state index in [1.165, 1.54) is 6.92 Å². The highest BCUT2D eigenvalue weighted by Gasteiger charge is 2.10. The molecule has 122 valence electrons. The summed E-state index contributed by atoms with van der Waals surface area (Å²) in [5.74, 6) is 0.705. The summed E-state index contributed by atoms with van der Waals surface area (Å²) in [4.78, 5) is 17.5. The van der Waals surface area contributed by atoms with E-state index in [2.05, 4.69) is 23.5 Å². The van der Waals surface area contributed by atoms with Crippen LogP contribution >= 0.6 is 0 Å². The molecule has 1 aromatic carbocycles. The van der Waals surface area contributed by atoms with Crippen molar-refractivity contribution in [2.45, 2.75) is 27.2 Å². The first-order valence-electron chi connectivity index (χ1n) is 7.58. The average Bonchev–Trinajstić information content (AvgIpc) is 2.49. The third kappa shape index (κ3) is 5.94. The first-order chi connectivity index (χ1) is 11.0. The molecule has 4 heteroatoms. The Morgan fingerprint density at radius 1 is 1.30 bits per heavy atom. The van der Waals surface area contributed by atoms with Crippen molar-refractivity contribution < 1.29 is 4.79 Å². The van der Waals surface area contributed by atoms with Gasteiger partial charge < -0.3 is 10.2 Å². The number of anilines is 1. The molecule has 0 aromatic heterocycles. The first kappa shape index (κ1) is 18.4. The lowest BCUT2D eigenvalue weighted by atomic mass is 10.2. The number of rotatable bonds is 8. The maximum absolute atomic E-state index is 10.9. The van der Waals surface area contributed by atoms with Crippen molar-refractivity contribution in [2.75, 3.05) is 11.4 Å². The lowest BCUT2D eigenvalue weighted by molar-refractivity contribution is -0.118. The van der Waals surface area contributed by atoms with Crippen LogP contribution in [0.3, 0.4) is 0 Å². The minimum absolute atomic E-state index is 0.0349. The van der Waals surface area contributed by atoms with Crippen LogP contribution < -0.4 is 10.2 Å². The quantitative estimate of drug-likeness (QED) is 0.583. The van der Waals surface area contributed by atoms with E-state index < -0.39 is 0 Å².